The highest BCUT2D eigenvalue weighted by Gasteiger charge is 2.46. The van der Waals surface area contributed by atoms with Gasteiger partial charge in [-0.1, -0.05) is 26.8 Å². The minimum absolute atomic E-state index is 0.0478. The largest absolute Gasteiger partial charge is 0.504 e. The lowest BCUT2D eigenvalue weighted by molar-refractivity contribution is -0.207. The lowest BCUT2D eigenvalue weighted by Crippen LogP contribution is -2.55. The predicted octanol–water partition coefficient (Wildman–Crippen LogP) is 3.32. The number of hydrogen-bond acceptors (Lipinski definition) is 5. The summed E-state index contributed by atoms with van der Waals surface area (Å²) in [5.41, 5.74) is 0.941. The topological polar surface area (TPSA) is 62.2 Å². The molecule has 2 heterocycles. The molecule has 2 saturated heterocycles. The van der Waals surface area contributed by atoms with Crippen molar-refractivity contribution in [3.05, 3.63) is 23.8 Å². The van der Waals surface area contributed by atoms with Gasteiger partial charge in [0.2, 0.25) is 0 Å². The minimum Gasteiger partial charge on any atom is -0.504 e. The lowest BCUT2D eigenvalue weighted by atomic mass is 9.76. The molecule has 5 heteroatoms. The number of piperidine rings is 1. The van der Waals surface area contributed by atoms with Crippen LogP contribution in [0.3, 0.4) is 0 Å². The van der Waals surface area contributed by atoms with Crippen LogP contribution in [0.2, 0.25) is 0 Å². The molecule has 1 aromatic carbocycles. The molecular weight excluding hydrogens is 330 g/mol. The van der Waals surface area contributed by atoms with Gasteiger partial charge in [-0.05, 0) is 36.0 Å². The summed E-state index contributed by atoms with van der Waals surface area (Å²) in [5.74, 6) is 0.689. The summed E-state index contributed by atoms with van der Waals surface area (Å²) in [6.07, 6.45) is 3.21. The van der Waals surface area contributed by atoms with Crippen molar-refractivity contribution < 1.29 is 19.7 Å². The van der Waals surface area contributed by atoms with Crippen molar-refractivity contribution in [2.75, 3.05) is 20.2 Å². The predicted molar refractivity (Wildman–Crippen MR) is 101 cm³/mol. The zero-order chi connectivity index (χ0) is 18.9. The quantitative estimate of drug-likeness (QED) is 0.863. The Balaban J connectivity index is 1.60. The Morgan fingerprint density at radius 2 is 1.96 bits per heavy atom. The van der Waals surface area contributed by atoms with Crippen molar-refractivity contribution >= 4 is 0 Å². The Hall–Kier alpha value is -1.30. The number of nitrogens with zero attached hydrogens (tertiary/aromatic N) is 1. The van der Waals surface area contributed by atoms with E-state index in [4.69, 9.17) is 9.47 Å². The molecule has 146 valence electrons. The van der Waals surface area contributed by atoms with E-state index >= 15 is 0 Å². The van der Waals surface area contributed by atoms with Crippen LogP contribution in [-0.4, -0.2) is 53.1 Å². The minimum atomic E-state index is -0.266. The van der Waals surface area contributed by atoms with Crippen molar-refractivity contribution in [2.24, 2.45) is 5.41 Å². The SMILES string of the molecule is COc1ccc(CN2CCC3(CC2)C[C@H](O)C[C@H](C(C)(C)C)O3)cc1O. The van der Waals surface area contributed by atoms with Crippen LogP contribution in [0.15, 0.2) is 18.2 Å². The molecule has 0 aliphatic carbocycles. The lowest BCUT2D eigenvalue weighted by Gasteiger charge is -2.50. The van der Waals surface area contributed by atoms with Crippen LogP contribution >= 0.6 is 0 Å². The summed E-state index contributed by atoms with van der Waals surface area (Å²) in [4.78, 5) is 2.39. The Labute approximate surface area is 156 Å². The van der Waals surface area contributed by atoms with E-state index in [0.29, 0.717) is 5.75 Å². The first-order valence-electron chi connectivity index (χ1n) is 9.65. The van der Waals surface area contributed by atoms with E-state index in [1.807, 2.05) is 12.1 Å². The van der Waals surface area contributed by atoms with E-state index < -0.39 is 0 Å². The number of ether oxygens (including phenoxy) is 2. The third kappa shape index (κ3) is 4.33. The molecule has 26 heavy (non-hydrogen) atoms. The molecule has 0 amide bonds. The monoisotopic (exact) mass is 363 g/mol. The van der Waals surface area contributed by atoms with Gasteiger partial charge in [-0.2, -0.15) is 0 Å². The second kappa shape index (κ2) is 7.37. The van der Waals surface area contributed by atoms with Crippen molar-refractivity contribution in [3.63, 3.8) is 0 Å². The first kappa shape index (κ1) is 19.5. The van der Waals surface area contributed by atoms with E-state index in [1.54, 1.807) is 13.2 Å². The first-order valence-corrected chi connectivity index (χ1v) is 9.65. The van der Waals surface area contributed by atoms with Crippen LogP contribution in [0.4, 0.5) is 0 Å². The molecule has 2 aliphatic rings. The van der Waals surface area contributed by atoms with Crippen molar-refractivity contribution in [3.8, 4) is 11.5 Å². The summed E-state index contributed by atoms with van der Waals surface area (Å²) in [6.45, 7) is 9.25. The third-order valence-corrected chi connectivity index (χ3v) is 5.87. The Morgan fingerprint density at radius 1 is 1.27 bits per heavy atom. The molecule has 2 atom stereocenters. The normalized spacial score (nSPS) is 26.8. The van der Waals surface area contributed by atoms with E-state index in [0.717, 1.165) is 50.9 Å². The van der Waals surface area contributed by atoms with Gasteiger partial charge in [0.25, 0.3) is 0 Å². The van der Waals surface area contributed by atoms with Gasteiger partial charge in [-0.25, -0.2) is 0 Å². The molecule has 0 radical (unpaired) electrons. The molecule has 1 spiro atoms. The zero-order valence-electron chi connectivity index (χ0n) is 16.5. The number of phenols is 1. The molecule has 0 aromatic heterocycles. The fraction of sp³-hybridized carbons (Fsp3) is 0.714. The summed E-state index contributed by atoms with van der Waals surface area (Å²) < 4.78 is 11.7. The molecule has 2 N–H and O–H groups in total. The van der Waals surface area contributed by atoms with Gasteiger partial charge in [0, 0.05) is 32.5 Å². The standard InChI is InChI=1S/C21H33NO4/c1-20(2,3)19-12-16(23)13-21(26-19)7-9-22(10-8-21)14-15-5-6-18(25-4)17(24)11-15/h5-6,11,16,19,23-24H,7-10,12-14H2,1-4H3/t16-,19-/m1/s1. The Morgan fingerprint density at radius 3 is 2.54 bits per heavy atom. The maximum Gasteiger partial charge on any atom is 0.160 e. The molecule has 2 aliphatic heterocycles. The smallest absolute Gasteiger partial charge is 0.160 e. The van der Waals surface area contributed by atoms with E-state index in [2.05, 4.69) is 25.7 Å². The van der Waals surface area contributed by atoms with Crippen molar-refractivity contribution in [1.29, 1.82) is 0 Å². The van der Waals surface area contributed by atoms with Gasteiger partial charge in [0.1, 0.15) is 0 Å². The van der Waals surface area contributed by atoms with Crippen molar-refractivity contribution in [2.45, 2.75) is 70.8 Å². The van der Waals surface area contributed by atoms with Gasteiger partial charge in [-0.15, -0.1) is 0 Å². The summed E-state index contributed by atoms with van der Waals surface area (Å²) in [7, 11) is 1.56. The second-order valence-corrected chi connectivity index (χ2v) is 9.03. The second-order valence-electron chi connectivity index (χ2n) is 9.03. The van der Waals surface area contributed by atoms with Crippen LogP contribution in [0.25, 0.3) is 0 Å². The fourth-order valence-electron chi connectivity index (χ4n) is 4.22. The zero-order valence-corrected chi connectivity index (χ0v) is 16.5. The fourth-order valence-corrected chi connectivity index (χ4v) is 4.22. The highest BCUT2D eigenvalue weighted by molar-refractivity contribution is 5.41. The number of methoxy groups -OCH3 is 1. The molecule has 2 fully saturated rings. The average Bonchev–Trinajstić information content (AvgIpc) is 2.56. The first-order chi connectivity index (χ1) is 12.2. The molecule has 3 rings (SSSR count). The molecule has 5 nitrogen and oxygen atoms in total. The van der Waals surface area contributed by atoms with E-state index in [-0.39, 0.29) is 29.0 Å². The highest BCUT2D eigenvalue weighted by Crippen LogP contribution is 2.42. The number of phenolic OH excluding ortho intramolecular Hbond substituents is 1. The number of aromatic hydroxyl groups is 1. The average molecular weight is 363 g/mol. The van der Waals surface area contributed by atoms with Crippen LogP contribution in [0.5, 0.6) is 11.5 Å². The number of benzene rings is 1. The molecule has 1 aromatic rings. The van der Waals surface area contributed by atoms with Crippen LogP contribution in [-0.2, 0) is 11.3 Å². The number of aliphatic hydroxyl groups is 1. The number of likely N-dealkylation sites (tertiary alicyclic amines) is 1. The maximum atomic E-state index is 10.4. The number of rotatable bonds is 3. The Kier molecular flexibility index (Phi) is 5.52. The number of hydrogen-bond donors (Lipinski definition) is 2. The molecule has 0 unspecified atom stereocenters. The number of aliphatic hydroxyl groups excluding tert-OH is 1. The third-order valence-electron chi connectivity index (χ3n) is 5.87. The summed E-state index contributed by atoms with van der Waals surface area (Å²) in [6, 6.07) is 5.59. The Bertz CT molecular complexity index is 617. The van der Waals surface area contributed by atoms with E-state index in [1.165, 1.54) is 0 Å². The van der Waals surface area contributed by atoms with Gasteiger partial charge >= 0.3 is 0 Å². The van der Waals surface area contributed by atoms with Crippen molar-refractivity contribution in [1.82, 2.24) is 4.90 Å². The van der Waals surface area contributed by atoms with Gasteiger partial charge in [-0.3, -0.25) is 4.90 Å². The van der Waals surface area contributed by atoms with Gasteiger partial charge in [0.05, 0.1) is 24.9 Å². The van der Waals surface area contributed by atoms with Crippen LogP contribution < -0.4 is 4.74 Å². The molecular formula is C21H33NO4. The van der Waals surface area contributed by atoms with Crippen LogP contribution in [0.1, 0.15) is 52.0 Å². The summed E-state index contributed by atoms with van der Waals surface area (Å²) in [5, 5.41) is 20.4. The van der Waals surface area contributed by atoms with Gasteiger partial charge in [0.15, 0.2) is 11.5 Å². The van der Waals surface area contributed by atoms with E-state index in [9.17, 15) is 10.2 Å². The van der Waals surface area contributed by atoms with Crippen LogP contribution in [0, 0.1) is 5.41 Å². The van der Waals surface area contributed by atoms with Gasteiger partial charge < -0.3 is 19.7 Å². The molecule has 0 bridgehead atoms. The maximum absolute atomic E-state index is 10.4. The summed E-state index contributed by atoms with van der Waals surface area (Å²) >= 11 is 0. The highest BCUT2D eigenvalue weighted by atomic mass is 16.5. The molecule has 0 saturated carbocycles.